The first-order valence-electron chi connectivity index (χ1n) is 10.1. The fourth-order valence-corrected chi connectivity index (χ4v) is 4.71. The Morgan fingerprint density at radius 3 is 2.74 bits per heavy atom. The van der Waals surface area contributed by atoms with Crippen molar-refractivity contribution in [2.75, 3.05) is 39.4 Å². The number of halogens is 1. The highest BCUT2D eigenvalue weighted by molar-refractivity contribution is 5.74. The smallest absolute Gasteiger partial charge is 0.320 e. The number of urea groups is 1. The predicted molar refractivity (Wildman–Crippen MR) is 98.1 cm³/mol. The van der Waals surface area contributed by atoms with Gasteiger partial charge in [0.15, 0.2) is 5.82 Å². The molecule has 3 aliphatic rings. The second-order valence-electron chi connectivity index (χ2n) is 7.79. The van der Waals surface area contributed by atoms with Crippen LogP contribution in [0.15, 0.2) is 18.3 Å². The number of amides is 2. The number of hydrogen-bond acceptors (Lipinski definition) is 4. The lowest BCUT2D eigenvalue weighted by Gasteiger charge is -2.43. The maximum Gasteiger partial charge on any atom is 0.320 e. The zero-order chi connectivity index (χ0) is 18.7. The molecule has 7 heteroatoms. The lowest BCUT2D eigenvalue weighted by atomic mass is 9.78. The number of nitrogens with zero attached hydrogens (tertiary/aromatic N) is 3. The third-order valence-electron chi connectivity index (χ3n) is 6.29. The van der Waals surface area contributed by atoms with Crippen LogP contribution in [0.1, 0.15) is 38.5 Å². The molecule has 0 aliphatic carbocycles. The first-order chi connectivity index (χ1) is 13.2. The second kappa shape index (κ2) is 8.00. The Labute approximate surface area is 159 Å². The molecular formula is C20H28FN3O3. The molecule has 27 heavy (non-hydrogen) atoms. The van der Waals surface area contributed by atoms with Gasteiger partial charge in [-0.3, -0.25) is 0 Å². The van der Waals surface area contributed by atoms with Crippen LogP contribution in [0, 0.1) is 11.7 Å². The monoisotopic (exact) mass is 377 g/mol. The maximum absolute atomic E-state index is 13.6. The molecule has 6 nitrogen and oxygen atoms in total. The minimum atomic E-state index is -0.427. The lowest BCUT2D eigenvalue weighted by molar-refractivity contribution is -0.0646. The Morgan fingerprint density at radius 1 is 1.26 bits per heavy atom. The first kappa shape index (κ1) is 18.5. The van der Waals surface area contributed by atoms with Crippen LogP contribution in [0.25, 0.3) is 0 Å². The van der Waals surface area contributed by atoms with E-state index in [1.54, 1.807) is 6.07 Å². The van der Waals surface area contributed by atoms with E-state index >= 15 is 0 Å². The van der Waals surface area contributed by atoms with Crippen molar-refractivity contribution in [3.63, 3.8) is 0 Å². The van der Waals surface area contributed by atoms with E-state index in [1.165, 1.54) is 12.3 Å². The number of rotatable bonds is 4. The van der Waals surface area contributed by atoms with E-state index < -0.39 is 5.82 Å². The average Bonchev–Trinajstić information content (AvgIpc) is 3.35. The van der Waals surface area contributed by atoms with Gasteiger partial charge in [-0.2, -0.15) is 0 Å². The van der Waals surface area contributed by atoms with E-state index in [-0.39, 0.29) is 17.5 Å². The van der Waals surface area contributed by atoms with E-state index in [1.807, 2.05) is 9.80 Å². The van der Waals surface area contributed by atoms with Crippen molar-refractivity contribution in [3.8, 4) is 5.88 Å². The number of ether oxygens (including phenoxy) is 2. The van der Waals surface area contributed by atoms with Gasteiger partial charge in [0, 0.05) is 39.0 Å². The summed E-state index contributed by atoms with van der Waals surface area (Å²) in [6.07, 6.45) is 7.32. The summed E-state index contributed by atoms with van der Waals surface area (Å²) in [5.74, 6) is 0.0217. The molecule has 0 unspecified atom stereocenters. The highest BCUT2D eigenvalue weighted by Gasteiger charge is 2.46. The zero-order valence-electron chi connectivity index (χ0n) is 15.7. The molecule has 148 valence electrons. The van der Waals surface area contributed by atoms with Gasteiger partial charge in [0.05, 0.1) is 12.2 Å². The van der Waals surface area contributed by atoms with Gasteiger partial charge in [0.1, 0.15) is 0 Å². The summed E-state index contributed by atoms with van der Waals surface area (Å²) in [6, 6.07) is 3.10. The Hall–Kier alpha value is -1.89. The summed E-state index contributed by atoms with van der Waals surface area (Å²) >= 11 is 0. The summed E-state index contributed by atoms with van der Waals surface area (Å²) in [5.41, 5.74) is -0.159. The molecule has 0 bridgehead atoms. The number of carbonyl (C=O) groups excluding carboxylic acids is 1. The Bertz CT molecular complexity index is 658. The van der Waals surface area contributed by atoms with Gasteiger partial charge >= 0.3 is 6.03 Å². The van der Waals surface area contributed by atoms with E-state index in [2.05, 4.69) is 4.98 Å². The van der Waals surface area contributed by atoms with Crippen molar-refractivity contribution in [2.45, 2.75) is 44.1 Å². The predicted octanol–water partition coefficient (Wildman–Crippen LogP) is 3.08. The van der Waals surface area contributed by atoms with Crippen LogP contribution >= 0.6 is 0 Å². The highest BCUT2D eigenvalue weighted by atomic mass is 19.1. The summed E-state index contributed by atoms with van der Waals surface area (Å²) in [6.45, 7) is 4.47. The van der Waals surface area contributed by atoms with Crippen molar-refractivity contribution >= 4 is 6.03 Å². The minimum Gasteiger partial charge on any atom is -0.476 e. The van der Waals surface area contributed by atoms with Crippen LogP contribution in [-0.4, -0.2) is 65.8 Å². The molecule has 3 aliphatic heterocycles. The Balaban J connectivity index is 1.29. The Morgan fingerprint density at radius 2 is 2.00 bits per heavy atom. The molecule has 1 spiro atoms. The van der Waals surface area contributed by atoms with Gasteiger partial charge < -0.3 is 19.3 Å². The SMILES string of the molecule is O=C(N1CCCC1)N1CCC2(CC1)OCC[C@H]2CCOc1ncccc1F. The standard InChI is InChI=1S/C20H28FN3O3/c21-17-4-3-9-22-18(17)26-14-5-16-6-15-27-20(16)7-12-24(13-8-20)19(25)23-10-1-2-11-23/h3-4,9,16H,1-2,5-8,10-15H2/t16-/m1/s1. The molecule has 0 aromatic carbocycles. The van der Waals surface area contributed by atoms with Crippen LogP contribution in [0.5, 0.6) is 5.88 Å². The molecule has 0 radical (unpaired) electrons. The third-order valence-corrected chi connectivity index (χ3v) is 6.29. The van der Waals surface area contributed by atoms with E-state index in [0.717, 1.165) is 71.3 Å². The van der Waals surface area contributed by atoms with Crippen LogP contribution in [0.4, 0.5) is 9.18 Å². The molecule has 4 rings (SSSR count). The molecule has 4 heterocycles. The molecule has 0 N–H and O–H groups in total. The molecule has 3 saturated heterocycles. The van der Waals surface area contributed by atoms with Crippen molar-refractivity contribution in [1.29, 1.82) is 0 Å². The fourth-order valence-electron chi connectivity index (χ4n) is 4.71. The molecule has 3 fully saturated rings. The maximum atomic E-state index is 13.6. The first-order valence-corrected chi connectivity index (χ1v) is 10.1. The highest BCUT2D eigenvalue weighted by Crippen LogP contribution is 2.42. The van der Waals surface area contributed by atoms with Gasteiger partial charge in [-0.05, 0) is 56.6 Å². The van der Waals surface area contributed by atoms with Crippen molar-refractivity contribution < 1.29 is 18.7 Å². The number of likely N-dealkylation sites (tertiary alicyclic amines) is 2. The van der Waals surface area contributed by atoms with E-state index in [0.29, 0.717) is 12.5 Å². The topological polar surface area (TPSA) is 54.9 Å². The quantitative estimate of drug-likeness (QED) is 0.809. The van der Waals surface area contributed by atoms with Crippen LogP contribution in [0.2, 0.25) is 0 Å². The lowest BCUT2D eigenvalue weighted by Crippen LogP contribution is -2.52. The molecule has 2 amide bonds. The van der Waals surface area contributed by atoms with Gasteiger partial charge in [-0.1, -0.05) is 0 Å². The summed E-state index contributed by atoms with van der Waals surface area (Å²) < 4.78 is 25.4. The zero-order valence-corrected chi connectivity index (χ0v) is 15.7. The van der Waals surface area contributed by atoms with E-state index in [4.69, 9.17) is 9.47 Å². The number of aromatic nitrogens is 1. The summed E-state index contributed by atoms with van der Waals surface area (Å²) in [5, 5.41) is 0. The number of piperidine rings is 1. The van der Waals surface area contributed by atoms with Crippen LogP contribution in [0.3, 0.4) is 0 Å². The average molecular weight is 377 g/mol. The van der Waals surface area contributed by atoms with Gasteiger partial charge in [0.2, 0.25) is 5.88 Å². The van der Waals surface area contributed by atoms with Crippen LogP contribution in [-0.2, 0) is 4.74 Å². The molecule has 0 saturated carbocycles. The third kappa shape index (κ3) is 3.88. The van der Waals surface area contributed by atoms with Gasteiger partial charge in [-0.25, -0.2) is 14.2 Å². The normalized spacial score (nSPS) is 24.6. The number of hydrogen-bond donors (Lipinski definition) is 0. The molecule has 1 atom stereocenters. The summed E-state index contributed by atoms with van der Waals surface area (Å²) in [4.78, 5) is 20.5. The largest absolute Gasteiger partial charge is 0.476 e. The molecule has 1 aromatic rings. The molecular weight excluding hydrogens is 349 g/mol. The van der Waals surface area contributed by atoms with Crippen molar-refractivity contribution in [3.05, 3.63) is 24.1 Å². The van der Waals surface area contributed by atoms with Gasteiger partial charge in [0.25, 0.3) is 0 Å². The number of pyridine rings is 1. The molecule has 1 aromatic heterocycles. The fraction of sp³-hybridized carbons (Fsp3) is 0.700. The van der Waals surface area contributed by atoms with Gasteiger partial charge in [-0.15, -0.1) is 0 Å². The van der Waals surface area contributed by atoms with E-state index in [9.17, 15) is 9.18 Å². The Kier molecular flexibility index (Phi) is 5.48. The number of carbonyl (C=O) groups is 1. The second-order valence-corrected chi connectivity index (χ2v) is 7.79. The van der Waals surface area contributed by atoms with Crippen LogP contribution < -0.4 is 4.74 Å². The van der Waals surface area contributed by atoms with Crippen molar-refractivity contribution in [1.82, 2.24) is 14.8 Å². The minimum absolute atomic E-state index is 0.0662. The van der Waals surface area contributed by atoms with Crippen molar-refractivity contribution in [2.24, 2.45) is 5.92 Å². The summed E-state index contributed by atoms with van der Waals surface area (Å²) in [7, 11) is 0.